The molecule has 1 unspecified atom stereocenters. The third-order valence-electron chi connectivity index (χ3n) is 3.75. The van der Waals surface area contributed by atoms with E-state index >= 15 is 0 Å². The van der Waals surface area contributed by atoms with Crippen molar-refractivity contribution in [2.75, 3.05) is 6.54 Å². The normalized spacial score (nSPS) is 17.9. The molecule has 2 aromatic heterocycles. The van der Waals surface area contributed by atoms with Crippen LogP contribution in [0.3, 0.4) is 0 Å². The van der Waals surface area contributed by atoms with Crippen LogP contribution in [-0.4, -0.2) is 39.0 Å². The fourth-order valence-corrected chi connectivity index (χ4v) is 2.85. The van der Waals surface area contributed by atoms with Crippen LogP contribution in [0.5, 0.6) is 0 Å². The van der Waals surface area contributed by atoms with Crippen LogP contribution in [0.15, 0.2) is 18.3 Å². The number of carbonyl (C=O) groups is 2. The van der Waals surface area contributed by atoms with Crippen molar-refractivity contribution in [3.8, 4) is 0 Å². The Balaban J connectivity index is 1.93. The highest BCUT2D eigenvalue weighted by Gasteiger charge is 2.37. The maximum absolute atomic E-state index is 12.3. The predicted octanol–water partition coefficient (Wildman–Crippen LogP) is 3.64. The first-order valence-corrected chi connectivity index (χ1v) is 7.80. The van der Waals surface area contributed by atoms with Gasteiger partial charge in [0, 0.05) is 30.1 Å². The molecule has 0 spiro atoms. The van der Waals surface area contributed by atoms with E-state index in [2.05, 4.69) is 4.98 Å². The minimum Gasteiger partial charge on any atom is -0.444 e. The van der Waals surface area contributed by atoms with Crippen LogP contribution < -0.4 is 0 Å². The Hall–Kier alpha value is -2.08. The summed E-state index contributed by atoms with van der Waals surface area (Å²) < 4.78 is 7.28. The lowest BCUT2D eigenvalue weighted by atomic mass is 10.1. The van der Waals surface area contributed by atoms with Gasteiger partial charge in [0.1, 0.15) is 22.6 Å². The number of ether oxygens (including phenoxy) is 1. The smallest absolute Gasteiger partial charge is 0.411 e. The van der Waals surface area contributed by atoms with E-state index in [4.69, 9.17) is 16.3 Å². The Labute approximate surface area is 139 Å². The number of rotatable bonds is 2. The number of hydrogen-bond donors (Lipinski definition) is 0. The molecule has 7 heteroatoms. The molecule has 1 fully saturated rings. The monoisotopic (exact) mass is 335 g/mol. The van der Waals surface area contributed by atoms with Crippen LogP contribution in [0.25, 0.3) is 11.0 Å². The van der Waals surface area contributed by atoms with Crippen molar-refractivity contribution in [3.63, 3.8) is 0 Å². The summed E-state index contributed by atoms with van der Waals surface area (Å²) in [7, 11) is 0. The van der Waals surface area contributed by atoms with Crippen molar-refractivity contribution in [1.29, 1.82) is 0 Å². The zero-order valence-electron chi connectivity index (χ0n) is 13.2. The Morgan fingerprint density at radius 3 is 2.78 bits per heavy atom. The van der Waals surface area contributed by atoms with Gasteiger partial charge in [-0.15, -0.1) is 0 Å². The number of carbonyl (C=O) groups excluding carboxylic acids is 2. The van der Waals surface area contributed by atoms with Crippen molar-refractivity contribution in [2.45, 2.75) is 39.0 Å². The first kappa shape index (κ1) is 15.8. The van der Waals surface area contributed by atoms with Gasteiger partial charge in [0.25, 0.3) is 0 Å². The van der Waals surface area contributed by atoms with Gasteiger partial charge in [-0.25, -0.2) is 9.78 Å². The topological polar surface area (TPSA) is 64.4 Å². The summed E-state index contributed by atoms with van der Waals surface area (Å²) in [6.07, 6.45) is 2.85. The van der Waals surface area contributed by atoms with E-state index in [-0.39, 0.29) is 17.4 Å². The molecule has 0 N–H and O–H groups in total. The Morgan fingerprint density at radius 2 is 2.22 bits per heavy atom. The molecule has 3 heterocycles. The van der Waals surface area contributed by atoms with E-state index in [9.17, 15) is 9.59 Å². The second-order valence-electron chi connectivity index (χ2n) is 6.56. The number of hydrogen-bond acceptors (Lipinski definition) is 4. The summed E-state index contributed by atoms with van der Waals surface area (Å²) in [5, 5.41) is 0.975. The number of aldehydes is 1. The van der Waals surface area contributed by atoms with Gasteiger partial charge in [-0.1, -0.05) is 11.6 Å². The molecular weight excluding hydrogens is 318 g/mol. The molecule has 6 nitrogen and oxygen atoms in total. The lowest BCUT2D eigenvalue weighted by molar-refractivity contribution is -0.0212. The van der Waals surface area contributed by atoms with E-state index < -0.39 is 5.60 Å². The Bertz CT molecular complexity index is 779. The molecule has 3 rings (SSSR count). The number of amides is 1. The van der Waals surface area contributed by atoms with Crippen molar-refractivity contribution in [1.82, 2.24) is 14.5 Å². The Morgan fingerprint density at radius 1 is 1.48 bits per heavy atom. The van der Waals surface area contributed by atoms with Gasteiger partial charge in [0.15, 0.2) is 6.29 Å². The minimum absolute atomic E-state index is 0.173. The molecule has 0 radical (unpaired) electrons. The first-order chi connectivity index (χ1) is 10.8. The summed E-state index contributed by atoms with van der Waals surface area (Å²) in [6, 6.07) is 3.35. The SMILES string of the molecule is CC(C)(C)OC(=O)N1CCC1n1ccc2c(C=O)cc(Cl)nc21. The second-order valence-corrected chi connectivity index (χ2v) is 6.94. The third kappa shape index (κ3) is 2.91. The summed E-state index contributed by atoms with van der Waals surface area (Å²) in [4.78, 5) is 29.4. The molecule has 122 valence electrons. The number of likely N-dealkylation sites (tertiary alicyclic amines) is 1. The van der Waals surface area contributed by atoms with Gasteiger partial charge in [-0.2, -0.15) is 0 Å². The highest BCUT2D eigenvalue weighted by Crippen LogP contribution is 2.33. The number of aromatic nitrogens is 2. The average Bonchev–Trinajstić information content (AvgIpc) is 2.78. The van der Waals surface area contributed by atoms with Crippen LogP contribution >= 0.6 is 11.6 Å². The van der Waals surface area contributed by atoms with Crippen molar-refractivity contribution >= 4 is 35.0 Å². The molecule has 0 bridgehead atoms. The standard InChI is InChI=1S/C16H18ClN3O3/c1-16(2,3)23-15(22)20-7-5-13(20)19-6-4-11-10(9-21)8-12(17)18-14(11)19/h4,6,8-9,13H,5,7H2,1-3H3. The highest BCUT2D eigenvalue weighted by atomic mass is 35.5. The number of halogens is 1. The molecule has 0 aromatic carbocycles. The van der Waals surface area contributed by atoms with E-state index in [1.165, 1.54) is 6.07 Å². The predicted molar refractivity (Wildman–Crippen MR) is 86.7 cm³/mol. The van der Waals surface area contributed by atoms with E-state index in [0.29, 0.717) is 17.8 Å². The van der Waals surface area contributed by atoms with Crippen molar-refractivity contribution in [3.05, 3.63) is 29.0 Å². The van der Waals surface area contributed by atoms with Crippen LogP contribution in [0, 0.1) is 0 Å². The summed E-state index contributed by atoms with van der Waals surface area (Å²) in [5.74, 6) is 0. The molecule has 1 aliphatic rings. The number of nitrogens with zero attached hydrogens (tertiary/aromatic N) is 3. The fourth-order valence-electron chi connectivity index (χ4n) is 2.66. The first-order valence-electron chi connectivity index (χ1n) is 7.42. The van der Waals surface area contributed by atoms with Crippen LogP contribution in [0.2, 0.25) is 5.15 Å². The average molecular weight is 336 g/mol. The van der Waals surface area contributed by atoms with Gasteiger partial charge in [-0.05, 0) is 32.9 Å². The van der Waals surface area contributed by atoms with Crippen LogP contribution in [0.4, 0.5) is 4.79 Å². The lowest BCUT2D eigenvalue weighted by Gasteiger charge is -2.42. The highest BCUT2D eigenvalue weighted by molar-refractivity contribution is 6.30. The minimum atomic E-state index is -0.539. The molecule has 1 aliphatic heterocycles. The van der Waals surface area contributed by atoms with E-state index in [1.807, 2.05) is 37.6 Å². The van der Waals surface area contributed by atoms with Crippen LogP contribution in [0.1, 0.15) is 43.7 Å². The second kappa shape index (κ2) is 5.53. The molecule has 1 atom stereocenters. The summed E-state index contributed by atoms with van der Waals surface area (Å²) in [6.45, 7) is 6.13. The van der Waals surface area contributed by atoms with Gasteiger partial charge >= 0.3 is 6.09 Å². The summed E-state index contributed by atoms with van der Waals surface area (Å²) >= 11 is 5.99. The summed E-state index contributed by atoms with van der Waals surface area (Å²) in [5.41, 5.74) is 0.544. The zero-order valence-corrected chi connectivity index (χ0v) is 14.0. The largest absolute Gasteiger partial charge is 0.444 e. The van der Waals surface area contributed by atoms with Crippen molar-refractivity contribution in [2.24, 2.45) is 0 Å². The molecule has 1 saturated heterocycles. The molecule has 2 aromatic rings. The maximum Gasteiger partial charge on any atom is 0.411 e. The van der Waals surface area contributed by atoms with Crippen molar-refractivity contribution < 1.29 is 14.3 Å². The molecular formula is C16H18ClN3O3. The molecule has 1 amide bonds. The van der Waals surface area contributed by atoms with Gasteiger partial charge in [-0.3, -0.25) is 9.69 Å². The molecule has 0 saturated carbocycles. The fraction of sp³-hybridized carbons (Fsp3) is 0.438. The quantitative estimate of drug-likeness (QED) is 0.621. The van der Waals surface area contributed by atoms with Gasteiger partial charge in [0.2, 0.25) is 0 Å². The molecule has 23 heavy (non-hydrogen) atoms. The van der Waals surface area contributed by atoms with Crippen LogP contribution in [-0.2, 0) is 4.74 Å². The third-order valence-corrected chi connectivity index (χ3v) is 3.94. The Kier molecular flexibility index (Phi) is 3.80. The zero-order chi connectivity index (χ0) is 16.8. The van der Waals surface area contributed by atoms with Gasteiger partial charge in [0.05, 0.1) is 0 Å². The van der Waals surface area contributed by atoms with E-state index in [0.717, 1.165) is 18.1 Å². The molecule has 0 aliphatic carbocycles. The lowest BCUT2D eigenvalue weighted by Crippen LogP contribution is -2.49. The van der Waals surface area contributed by atoms with Gasteiger partial charge < -0.3 is 9.30 Å². The number of pyridine rings is 1. The number of fused-ring (bicyclic) bond motifs is 1. The van der Waals surface area contributed by atoms with E-state index in [1.54, 1.807) is 4.90 Å². The maximum atomic E-state index is 12.3.